The number of rotatable bonds is 7. The minimum atomic E-state index is -0.595. The predicted molar refractivity (Wildman–Crippen MR) is 106 cm³/mol. The third-order valence-electron chi connectivity index (χ3n) is 3.57. The largest absolute Gasteiger partial charge is 0.488 e. The molecule has 2 unspecified atom stereocenters. The Morgan fingerprint density at radius 1 is 1.21 bits per heavy atom. The molecule has 2 rings (SSSR count). The van der Waals surface area contributed by atoms with Crippen molar-refractivity contribution in [3.8, 4) is 0 Å². The number of Topliss-reactive ketones (excluding diaryl/α,β-unsaturated/α-hetero) is 1. The number of non-ortho nitro benzene ring substituents is 1. The summed E-state index contributed by atoms with van der Waals surface area (Å²) in [5.74, 6) is -0.861. The standard InChI is InChI=1S/C16H15I2NO5/c1-2-3-12(17)13(18)8-24-15-7-14(20)11-6-9(19(22)23)4-5-10(11)16(15)21/h4-7,12-13H,2-3,8H2,1H3. The van der Waals surface area contributed by atoms with Gasteiger partial charge in [0.05, 0.1) is 8.85 Å². The summed E-state index contributed by atoms with van der Waals surface area (Å²) in [5, 5.41) is 10.8. The van der Waals surface area contributed by atoms with Crippen LogP contribution in [0.4, 0.5) is 5.69 Å². The molecule has 1 aliphatic rings. The van der Waals surface area contributed by atoms with Gasteiger partial charge in [0.1, 0.15) is 6.61 Å². The summed E-state index contributed by atoms with van der Waals surface area (Å²) >= 11 is 4.64. The number of benzene rings is 1. The molecule has 8 heteroatoms. The van der Waals surface area contributed by atoms with Gasteiger partial charge in [0.2, 0.25) is 5.78 Å². The number of hydrogen-bond donors (Lipinski definition) is 0. The van der Waals surface area contributed by atoms with Gasteiger partial charge < -0.3 is 4.74 Å². The van der Waals surface area contributed by atoms with Crippen molar-refractivity contribution in [3.05, 3.63) is 51.3 Å². The molecule has 0 spiro atoms. The van der Waals surface area contributed by atoms with Gasteiger partial charge in [-0.2, -0.15) is 0 Å². The number of halogens is 2. The Morgan fingerprint density at radius 2 is 1.92 bits per heavy atom. The average molecular weight is 555 g/mol. The second-order valence-electron chi connectivity index (χ2n) is 5.32. The van der Waals surface area contributed by atoms with Gasteiger partial charge >= 0.3 is 0 Å². The Bertz CT molecular complexity index is 716. The molecule has 0 fully saturated rings. The maximum absolute atomic E-state index is 12.4. The van der Waals surface area contributed by atoms with Crippen LogP contribution in [0.5, 0.6) is 0 Å². The van der Waals surface area contributed by atoms with Crippen LogP contribution >= 0.6 is 45.2 Å². The highest BCUT2D eigenvalue weighted by atomic mass is 127. The smallest absolute Gasteiger partial charge is 0.270 e. The molecule has 0 bridgehead atoms. The van der Waals surface area contributed by atoms with Gasteiger partial charge in [0.15, 0.2) is 11.5 Å². The zero-order valence-corrected chi connectivity index (χ0v) is 17.1. The lowest BCUT2D eigenvalue weighted by atomic mass is 9.93. The van der Waals surface area contributed by atoms with Gasteiger partial charge in [-0.15, -0.1) is 0 Å². The van der Waals surface area contributed by atoms with Crippen LogP contribution in [0.3, 0.4) is 0 Å². The number of carbonyl (C=O) groups excluding carboxylic acids is 2. The second-order valence-corrected chi connectivity index (χ2v) is 8.52. The SMILES string of the molecule is CCCC(I)C(I)COC1=CC(=O)c2cc([N+](=O)[O-])ccc2C1=O. The van der Waals surface area contributed by atoms with Crippen molar-refractivity contribution >= 4 is 62.4 Å². The normalized spacial score (nSPS) is 16.2. The lowest BCUT2D eigenvalue weighted by Gasteiger charge is -2.20. The molecule has 0 saturated heterocycles. The van der Waals surface area contributed by atoms with Crippen molar-refractivity contribution in [3.63, 3.8) is 0 Å². The molecule has 128 valence electrons. The number of ketones is 2. The van der Waals surface area contributed by atoms with Crippen molar-refractivity contribution in [2.45, 2.75) is 27.6 Å². The van der Waals surface area contributed by atoms with Crippen LogP contribution in [0, 0.1) is 10.1 Å². The van der Waals surface area contributed by atoms with E-state index in [1.807, 2.05) is 0 Å². The van der Waals surface area contributed by atoms with Gasteiger partial charge in [0, 0.05) is 33.3 Å². The molecule has 1 aromatic rings. The number of alkyl halides is 2. The van der Waals surface area contributed by atoms with E-state index in [1.165, 1.54) is 12.1 Å². The third-order valence-corrected chi connectivity index (χ3v) is 7.66. The zero-order chi connectivity index (χ0) is 17.9. The van der Waals surface area contributed by atoms with E-state index < -0.39 is 16.5 Å². The Balaban J connectivity index is 2.15. The van der Waals surface area contributed by atoms with Crippen LogP contribution in [0.1, 0.15) is 40.5 Å². The number of ether oxygens (including phenoxy) is 1. The molecule has 0 amide bonds. The Morgan fingerprint density at radius 3 is 2.54 bits per heavy atom. The number of nitro benzene ring substituents is 1. The molecular weight excluding hydrogens is 540 g/mol. The van der Waals surface area contributed by atoms with Crippen LogP contribution in [0.15, 0.2) is 30.0 Å². The minimum absolute atomic E-state index is 0.00289. The Kier molecular flexibility index (Phi) is 6.72. The van der Waals surface area contributed by atoms with E-state index in [-0.39, 0.29) is 26.5 Å². The number of nitrogens with zero attached hydrogens (tertiary/aromatic N) is 1. The summed E-state index contributed by atoms with van der Waals surface area (Å²) in [7, 11) is 0. The van der Waals surface area contributed by atoms with Crippen molar-refractivity contribution in [2.75, 3.05) is 6.61 Å². The fraction of sp³-hybridized carbons (Fsp3) is 0.375. The van der Waals surface area contributed by atoms with Crippen LogP contribution in [-0.2, 0) is 4.74 Å². The van der Waals surface area contributed by atoms with Crippen LogP contribution in [0.2, 0.25) is 0 Å². The first kappa shape index (κ1) is 19.3. The summed E-state index contributed by atoms with van der Waals surface area (Å²) in [6, 6.07) is 3.66. The predicted octanol–water partition coefficient (Wildman–Crippen LogP) is 4.28. The van der Waals surface area contributed by atoms with Gasteiger partial charge in [0.25, 0.3) is 5.69 Å². The first-order valence-corrected chi connectivity index (χ1v) is 9.84. The maximum atomic E-state index is 12.4. The number of allylic oxidation sites excluding steroid dienone is 2. The first-order chi connectivity index (χ1) is 11.3. The molecule has 0 aromatic heterocycles. The van der Waals surface area contributed by atoms with Crippen molar-refractivity contribution < 1.29 is 19.2 Å². The Labute approximate surface area is 166 Å². The summed E-state index contributed by atoms with van der Waals surface area (Å²) in [6.07, 6.45) is 3.25. The molecule has 2 atom stereocenters. The molecule has 0 N–H and O–H groups in total. The van der Waals surface area contributed by atoms with Crippen LogP contribution in [-0.4, -0.2) is 30.9 Å². The third kappa shape index (κ3) is 4.32. The lowest BCUT2D eigenvalue weighted by Crippen LogP contribution is -2.24. The lowest BCUT2D eigenvalue weighted by molar-refractivity contribution is -0.384. The van der Waals surface area contributed by atoms with E-state index in [1.54, 1.807) is 0 Å². The molecule has 1 aliphatic carbocycles. The summed E-state index contributed by atoms with van der Waals surface area (Å²) < 4.78 is 6.20. The summed E-state index contributed by atoms with van der Waals surface area (Å²) in [4.78, 5) is 34.8. The number of carbonyl (C=O) groups is 2. The van der Waals surface area contributed by atoms with Gasteiger partial charge in [-0.25, -0.2) is 0 Å². The van der Waals surface area contributed by atoms with Crippen molar-refractivity contribution in [1.29, 1.82) is 0 Å². The number of nitro groups is 1. The number of fused-ring (bicyclic) bond motifs is 1. The first-order valence-electron chi connectivity index (χ1n) is 7.35. The van der Waals surface area contributed by atoms with Crippen molar-refractivity contribution in [1.82, 2.24) is 0 Å². The molecule has 6 nitrogen and oxygen atoms in total. The minimum Gasteiger partial charge on any atom is -0.488 e. The quantitative estimate of drug-likeness (QED) is 0.217. The van der Waals surface area contributed by atoms with E-state index >= 15 is 0 Å². The monoisotopic (exact) mass is 555 g/mol. The van der Waals surface area contributed by atoms with E-state index in [2.05, 4.69) is 52.1 Å². The van der Waals surface area contributed by atoms with Gasteiger partial charge in [-0.1, -0.05) is 58.5 Å². The topological polar surface area (TPSA) is 86.5 Å². The molecule has 0 radical (unpaired) electrons. The summed E-state index contributed by atoms with van der Waals surface area (Å²) in [6.45, 7) is 2.44. The molecule has 0 aliphatic heterocycles. The molecule has 0 heterocycles. The van der Waals surface area contributed by atoms with E-state index in [0.29, 0.717) is 10.5 Å². The van der Waals surface area contributed by atoms with Gasteiger partial charge in [-0.05, 0) is 12.5 Å². The van der Waals surface area contributed by atoms with Crippen molar-refractivity contribution in [2.24, 2.45) is 0 Å². The molecular formula is C16H15I2NO5. The van der Waals surface area contributed by atoms with E-state index in [0.717, 1.165) is 25.0 Å². The van der Waals surface area contributed by atoms with Crippen LogP contribution < -0.4 is 0 Å². The number of hydrogen-bond acceptors (Lipinski definition) is 5. The highest BCUT2D eigenvalue weighted by Gasteiger charge is 2.29. The average Bonchev–Trinajstić information content (AvgIpc) is 2.56. The van der Waals surface area contributed by atoms with Crippen LogP contribution in [0.25, 0.3) is 0 Å². The summed E-state index contributed by atoms with van der Waals surface area (Å²) in [5.41, 5.74) is -0.0228. The highest BCUT2D eigenvalue weighted by Crippen LogP contribution is 2.27. The highest BCUT2D eigenvalue weighted by molar-refractivity contribution is 14.1. The van der Waals surface area contributed by atoms with E-state index in [4.69, 9.17) is 4.74 Å². The molecule has 1 aromatic carbocycles. The van der Waals surface area contributed by atoms with E-state index in [9.17, 15) is 19.7 Å². The van der Waals surface area contributed by atoms with Gasteiger partial charge in [-0.3, -0.25) is 19.7 Å². The maximum Gasteiger partial charge on any atom is 0.270 e. The molecule has 0 saturated carbocycles. The fourth-order valence-electron chi connectivity index (χ4n) is 2.28. The zero-order valence-electron chi connectivity index (χ0n) is 12.8. The Hall–Kier alpha value is -1.04. The molecule has 24 heavy (non-hydrogen) atoms. The second kappa shape index (κ2) is 8.37. The fourth-order valence-corrected chi connectivity index (χ4v) is 3.65.